The minimum atomic E-state index is -0.373. The third kappa shape index (κ3) is 2.78. The Bertz CT molecular complexity index is 575. The molecule has 2 rings (SSSR count). The van der Waals surface area contributed by atoms with Crippen LogP contribution in [0.25, 0.3) is 0 Å². The highest BCUT2D eigenvalue weighted by Crippen LogP contribution is 2.34. The Morgan fingerprint density at radius 2 is 2.11 bits per heavy atom. The van der Waals surface area contributed by atoms with Crippen molar-refractivity contribution in [1.29, 1.82) is 0 Å². The second kappa shape index (κ2) is 5.50. The fourth-order valence-corrected chi connectivity index (χ4v) is 2.38. The SMILES string of the molecule is CNc1cc(Sc2ccccc2[N+](=O)[O-])ccn1. The fraction of sp³-hybridized carbons (Fsp3) is 0.0833. The van der Waals surface area contributed by atoms with Crippen LogP contribution in [-0.2, 0) is 0 Å². The zero-order chi connectivity index (χ0) is 13.0. The van der Waals surface area contributed by atoms with E-state index in [1.54, 1.807) is 31.4 Å². The average molecular weight is 261 g/mol. The van der Waals surface area contributed by atoms with Gasteiger partial charge in [0.25, 0.3) is 5.69 Å². The first-order valence-corrected chi connectivity index (χ1v) is 6.07. The maximum absolute atomic E-state index is 10.9. The topological polar surface area (TPSA) is 68.1 Å². The molecule has 18 heavy (non-hydrogen) atoms. The van der Waals surface area contributed by atoms with Crippen molar-refractivity contribution in [3.8, 4) is 0 Å². The van der Waals surface area contributed by atoms with E-state index in [0.29, 0.717) is 4.90 Å². The Morgan fingerprint density at radius 1 is 1.33 bits per heavy atom. The number of hydrogen-bond acceptors (Lipinski definition) is 5. The van der Waals surface area contributed by atoms with Crippen molar-refractivity contribution >= 4 is 23.3 Å². The van der Waals surface area contributed by atoms with E-state index in [9.17, 15) is 10.1 Å². The maximum Gasteiger partial charge on any atom is 0.283 e. The van der Waals surface area contributed by atoms with Gasteiger partial charge in [-0.1, -0.05) is 23.9 Å². The van der Waals surface area contributed by atoms with E-state index in [1.807, 2.05) is 12.1 Å². The highest BCUT2D eigenvalue weighted by Gasteiger charge is 2.13. The lowest BCUT2D eigenvalue weighted by molar-refractivity contribution is -0.387. The van der Waals surface area contributed by atoms with Gasteiger partial charge in [0.2, 0.25) is 0 Å². The molecule has 0 atom stereocenters. The first-order chi connectivity index (χ1) is 8.70. The molecule has 0 bridgehead atoms. The minimum Gasteiger partial charge on any atom is -0.373 e. The molecule has 92 valence electrons. The maximum atomic E-state index is 10.9. The zero-order valence-electron chi connectivity index (χ0n) is 9.66. The van der Waals surface area contributed by atoms with Crippen molar-refractivity contribution in [3.05, 3.63) is 52.7 Å². The molecule has 0 aliphatic heterocycles. The number of hydrogen-bond donors (Lipinski definition) is 1. The molecule has 0 aliphatic rings. The van der Waals surface area contributed by atoms with Crippen LogP contribution in [0.15, 0.2) is 52.4 Å². The summed E-state index contributed by atoms with van der Waals surface area (Å²) in [5.41, 5.74) is 0.116. The van der Waals surface area contributed by atoms with Crippen LogP contribution in [0.2, 0.25) is 0 Å². The summed E-state index contributed by atoms with van der Waals surface area (Å²) in [6.07, 6.45) is 1.67. The summed E-state index contributed by atoms with van der Waals surface area (Å²) >= 11 is 1.35. The number of aromatic nitrogens is 1. The highest BCUT2D eigenvalue weighted by atomic mass is 32.2. The van der Waals surface area contributed by atoms with Crippen LogP contribution in [0.3, 0.4) is 0 Å². The predicted molar refractivity (Wildman–Crippen MR) is 71.0 cm³/mol. The van der Waals surface area contributed by atoms with Crippen molar-refractivity contribution in [3.63, 3.8) is 0 Å². The van der Waals surface area contributed by atoms with Crippen molar-refractivity contribution in [1.82, 2.24) is 4.98 Å². The van der Waals surface area contributed by atoms with E-state index >= 15 is 0 Å². The lowest BCUT2D eigenvalue weighted by Crippen LogP contribution is -1.92. The van der Waals surface area contributed by atoms with Gasteiger partial charge in [0.15, 0.2) is 0 Å². The van der Waals surface area contributed by atoms with Gasteiger partial charge in [-0.25, -0.2) is 4.98 Å². The molecular formula is C12H11N3O2S. The monoisotopic (exact) mass is 261 g/mol. The third-order valence-corrected chi connectivity index (χ3v) is 3.33. The van der Waals surface area contributed by atoms with Crippen molar-refractivity contribution in [2.75, 3.05) is 12.4 Å². The molecule has 0 fully saturated rings. The van der Waals surface area contributed by atoms with Gasteiger partial charge < -0.3 is 5.32 Å². The van der Waals surface area contributed by atoms with Gasteiger partial charge in [-0.15, -0.1) is 0 Å². The molecule has 0 radical (unpaired) electrons. The Labute approximate surface area is 108 Å². The molecule has 0 aliphatic carbocycles. The number of anilines is 1. The molecule has 1 aromatic carbocycles. The minimum absolute atomic E-state index is 0.116. The van der Waals surface area contributed by atoms with Gasteiger partial charge in [-0.3, -0.25) is 10.1 Å². The first kappa shape index (κ1) is 12.4. The number of nitrogens with zero attached hydrogens (tertiary/aromatic N) is 2. The number of nitro benzene ring substituents is 1. The largest absolute Gasteiger partial charge is 0.373 e. The standard InChI is InChI=1S/C12H11N3O2S/c1-13-12-8-9(6-7-14-12)18-11-5-3-2-4-10(11)15(16)17/h2-8H,1H3,(H,13,14). The highest BCUT2D eigenvalue weighted by molar-refractivity contribution is 7.99. The molecule has 0 saturated carbocycles. The molecular weight excluding hydrogens is 250 g/mol. The summed E-state index contributed by atoms with van der Waals surface area (Å²) in [5.74, 6) is 0.735. The van der Waals surface area contributed by atoms with Gasteiger partial charge in [0.1, 0.15) is 5.82 Å². The number of nitro groups is 1. The summed E-state index contributed by atoms with van der Waals surface area (Å²) < 4.78 is 0. The van der Waals surface area contributed by atoms with Crippen molar-refractivity contribution in [2.24, 2.45) is 0 Å². The molecule has 0 spiro atoms. The molecule has 5 nitrogen and oxygen atoms in total. The van der Waals surface area contributed by atoms with Crippen LogP contribution in [0.4, 0.5) is 11.5 Å². The van der Waals surface area contributed by atoms with Gasteiger partial charge in [-0.05, 0) is 18.2 Å². The normalized spacial score (nSPS) is 10.1. The van der Waals surface area contributed by atoms with Gasteiger partial charge in [0, 0.05) is 24.2 Å². The molecule has 2 aromatic rings. The Hall–Kier alpha value is -2.08. The molecule has 0 unspecified atom stereocenters. The van der Waals surface area contributed by atoms with E-state index in [0.717, 1.165) is 10.7 Å². The summed E-state index contributed by atoms with van der Waals surface area (Å²) in [6.45, 7) is 0. The number of rotatable bonds is 4. The third-order valence-electron chi connectivity index (χ3n) is 2.28. The van der Waals surface area contributed by atoms with Crippen LogP contribution in [-0.4, -0.2) is 17.0 Å². The van der Waals surface area contributed by atoms with Gasteiger partial charge in [0.05, 0.1) is 9.82 Å². The van der Waals surface area contributed by atoms with Crippen LogP contribution in [0.1, 0.15) is 0 Å². The second-order valence-electron chi connectivity index (χ2n) is 3.45. The van der Waals surface area contributed by atoms with Crippen LogP contribution in [0, 0.1) is 10.1 Å². The van der Waals surface area contributed by atoms with E-state index < -0.39 is 0 Å². The Morgan fingerprint density at radius 3 is 2.83 bits per heavy atom. The van der Waals surface area contributed by atoms with Gasteiger partial charge >= 0.3 is 0 Å². The van der Waals surface area contributed by atoms with Gasteiger partial charge in [-0.2, -0.15) is 0 Å². The average Bonchev–Trinajstić information content (AvgIpc) is 2.39. The Kier molecular flexibility index (Phi) is 3.78. The zero-order valence-corrected chi connectivity index (χ0v) is 10.5. The first-order valence-electron chi connectivity index (χ1n) is 5.26. The van der Waals surface area contributed by atoms with Crippen LogP contribution < -0.4 is 5.32 Å². The second-order valence-corrected chi connectivity index (χ2v) is 4.57. The van der Waals surface area contributed by atoms with Crippen LogP contribution >= 0.6 is 11.8 Å². The van der Waals surface area contributed by atoms with Crippen LogP contribution in [0.5, 0.6) is 0 Å². The summed E-state index contributed by atoms with van der Waals surface area (Å²) in [5, 5.41) is 13.8. The fourth-order valence-electron chi connectivity index (χ4n) is 1.43. The van der Waals surface area contributed by atoms with Crippen molar-refractivity contribution in [2.45, 2.75) is 9.79 Å². The Balaban J connectivity index is 2.31. The molecule has 1 N–H and O–H groups in total. The number of para-hydroxylation sites is 1. The molecule has 0 amide bonds. The van der Waals surface area contributed by atoms with E-state index in [-0.39, 0.29) is 10.6 Å². The van der Waals surface area contributed by atoms with Crippen molar-refractivity contribution < 1.29 is 4.92 Å². The lowest BCUT2D eigenvalue weighted by atomic mass is 10.3. The molecule has 0 saturated heterocycles. The smallest absolute Gasteiger partial charge is 0.283 e. The van der Waals surface area contributed by atoms with E-state index in [4.69, 9.17) is 0 Å². The summed E-state index contributed by atoms with van der Waals surface area (Å²) in [4.78, 5) is 16.2. The summed E-state index contributed by atoms with van der Waals surface area (Å²) in [6, 6.07) is 10.4. The molecule has 6 heteroatoms. The number of pyridine rings is 1. The lowest BCUT2D eigenvalue weighted by Gasteiger charge is -2.04. The quantitative estimate of drug-likeness (QED) is 0.676. The number of benzene rings is 1. The summed E-state index contributed by atoms with van der Waals surface area (Å²) in [7, 11) is 1.78. The molecule has 1 aromatic heterocycles. The number of nitrogens with one attached hydrogen (secondary N) is 1. The van der Waals surface area contributed by atoms with E-state index in [1.165, 1.54) is 17.8 Å². The predicted octanol–water partition coefficient (Wildman–Crippen LogP) is 3.18. The molecule has 1 heterocycles. The van der Waals surface area contributed by atoms with E-state index in [2.05, 4.69) is 10.3 Å².